The lowest BCUT2D eigenvalue weighted by Gasteiger charge is -1.93. The van der Waals surface area contributed by atoms with Crippen LogP contribution in [0.3, 0.4) is 0 Å². The summed E-state index contributed by atoms with van der Waals surface area (Å²) in [4.78, 5) is 10.0. The zero-order chi connectivity index (χ0) is 9.84. The molecule has 0 heterocycles. The molecule has 1 aromatic rings. The lowest BCUT2D eigenvalue weighted by Crippen LogP contribution is -1.89. The molecule has 0 aliphatic carbocycles. The molecule has 0 aromatic heterocycles. The molecule has 0 saturated carbocycles. The molecule has 66 valence electrons. The van der Waals surface area contributed by atoms with Crippen molar-refractivity contribution in [2.45, 2.75) is 0 Å². The molecule has 0 atom stereocenters. The van der Waals surface area contributed by atoms with Crippen LogP contribution in [0.4, 0.5) is 4.39 Å². The summed E-state index contributed by atoms with van der Waals surface area (Å²) in [5.41, 5.74) is -0.0186. The molecule has 1 N–H and O–H groups in total. The average Bonchev–Trinajstić information content (AvgIpc) is 2.06. The number of hydrogen-bond acceptors (Lipinski definition) is 1. The normalized spacial score (nSPS) is 8.77. The minimum absolute atomic E-state index is 0.0186. The molecule has 1 rings (SSSR count). The first kappa shape index (κ1) is 9.56. The first-order valence-corrected chi connectivity index (χ1v) is 3.67. The van der Waals surface area contributed by atoms with Crippen molar-refractivity contribution in [1.29, 1.82) is 0 Å². The molecule has 0 radical (unpaired) electrons. The van der Waals surface area contributed by atoms with Gasteiger partial charge in [-0.15, -0.1) is 0 Å². The summed E-state index contributed by atoms with van der Waals surface area (Å²) in [6.07, 6.45) is 0. The van der Waals surface area contributed by atoms with E-state index in [1.54, 1.807) is 5.92 Å². The SMILES string of the molecule is O=C(O)C#Cc1cc(Cl)ccc1F. The Labute approximate surface area is 79.0 Å². The third-order valence-corrected chi connectivity index (χ3v) is 1.47. The standard InChI is InChI=1S/C9H4ClFO2/c10-7-2-3-8(11)6(5-7)1-4-9(12)13/h2-3,5H,(H,12,13). The van der Waals surface area contributed by atoms with E-state index in [-0.39, 0.29) is 5.56 Å². The molecule has 0 bridgehead atoms. The van der Waals surface area contributed by atoms with Crippen LogP contribution in [0.2, 0.25) is 5.02 Å². The molecule has 13 heavy (non-hydrogen) atoms. The van der Waals surface area contributed by atoms with Crippen molar-refractivity contribution < 1.29 is 14.3 Å². The number of rotatable bonds is 0. The third-order valence-electron chi connectivity index (χ3n) is 1.23. The Kier molecular flexibility index (Phi) is 2.88. The van der Waals surface area contributed by atoms with Gasteiger partial charge in [0.15, 0.2) is 0 Å². The van der Waals surface area contributed by atoms with E-state index in [0.717, 1.165) is 6.07 Å². The van der Waals surface area contributed by atoms with Gasteiger partial charge in [-0.3, -0.25) is 0 Å². The summed E-state index contributed by atoms with van der Waals surface area (Å²) in [5, 5.41) is 8.52. The largest absolute Gasteiger partial charge is 0.472 e. The Hall–Kier alpha value is -1.53. The van der Waals surface area contributed by atoms with Gasteiger partial charge in [0, 0.05) is 10.9 Å². The van der Waals surface area contributed by atoms with Gasteiger partial charge in [0.05, 0.1) is 5.56 Å². The summed E-state index contributed by atoms with van der Waals surface area (Å²) in [6.45, 7) is 0. The molecular weight excluding hydrogens is 195 g/mol. The van der Waals surface area contributed by atoms with Crippen molar-refractivity contribution in [3.63, 3.8) is 0 Å². The third kappa shape index (κ3) is 2.77. The average molecular weight is 199 g/mol. The fourth-order valence-electron chi connectivity index (χ4n) is 0.714. The molecule has 0 amide bonds. The summed E-state index contributed by atoms with van der Waals surface area (Å²) < 4.78 is 12.9. The Balaban J connectivity index is 3.09. The molecule has 0 unspecified atom stereocenters. The molecule has 4 heteroatoms. The van der Waals surface area contributed by atoms with Crippen LogP contribution in [0, 0.1) is 17.7 Å². The van der Waals surface area contributed by atoms with Gasteiger partial charge in [-0.1, -0.05) is 17.5 Å². The van der Waals surface area contributed by atoms with Gasteiger partial charge in [-0.05, 0) is 18.2 Å². The summed E-state index contributed by atoms with van der Waals surface area (Å²) in [6, 6.07) is 3.77. The second kappa shape index (κ2) is 3.92. The Morgan fingerprint density at radius 1 is 1.54 bits per heavy atom. The highest BCUT2D eigenvalue weighted by atomic mass is 35.5. The molecule has 0 saturated heterocycles. The van der Waals surface area contributed by atoms with Crippen LogP contribution < -0.4 is 0 Å². The van der Waals surface area contributed by atoms with E-state index in [4.69, 9.17) is 16.7 Å². The van der Waals surface area contributed by atoms with Crippen LogP contribution in [-0.4, -0.2) is 11.1 Å². The maximum Gasteiger partial charge on any atom is 0.382 e. The topological polar surface area (TPSA) is 37.3 Å². The molecule has 0 spiro atoms. The number of carbonyl (C=O) groups is 1. The second-order valence-corrected chi connectivity index (χ2v) is 2.62. The fraction of sp³-hybridized carbons (Fsp3) is 0. The highest BCUT2D eigenvalue weighted by Gasteiger charge is 1.99. The highest BCUT2D eigenvalue weighted by molar-refractivity contribution is 6.30. The monoisotopic (exact) mass is 198 g/mol. The predicted molar refractivity (Wildman–Crippen MR) is 45.9 cm³/mol. The van der Waals surface area contributed by atoms with E-state index >= 15 is 0 Å². The summed E-state index contributed by atoms with van der Waals surface area (Å²) >= 11 is 5.55. The molecule has 0 aliphatic rings. The van der Waals surface area contributed by atoms with Gasteiger partial charge in [0.1, 0.15) is 5.82 Å². The van der Waals surface area contributed by atoms with Gasteiger partial charge >= 0.3 is 5.97 Å². The van der Waals surface area contributed by atoms with E-state index in [2.05, 4.69) is 5.92 Å². The van der Waals surface area contributed by atoms with Crippen molar-refractivity contribution in [3.05, 3.63) is 34.6 Å². The van der Waals surface area contributed by atoms with Crippen molar-refractivity contribution in [2.75, 3.05) is 0 Å². The smallest absolute Gasteiger partial charge is 0.382 e. The molecular formula is C9H4ClFO2. The van der Waals surface area contributed by atoms with Crippen molar-refractivity contribution >= 4 is 17.6 Å². The number of halogens is 2. The minimum atomic E-state index is -1.31. The van der Waals surface area contributed by atoms with Gasteiger partial charge in [-0.25, -0.2) is 9.18 Å². The lowest BCUT2D eigenvalue weighted by molar-refractivity contribution is -0.130. The van der Waals surface area contributed by atoms with Crippen molar-refractivity contribution in [2.24, 2.45) is 0 Å². The van der Waals surface area contributed by atoms with E-state index < -0.39 is 11.8 Å². The Morgan fingerprint density at radius 2 is 2.23 bits per heavy atom. The lowest BCUT2D eigenvalue weighted by atomic mass is 10.2. The van der Waals surface area contributed by atoms with E-state index in [1.807, 2.05) is 0 Å². The maximum absolute atomic E-state index is 12.9. The Morgan fingerprint density at radius 3 is 2.85 bits per heavy atom. The summed E-state index contributed by atoms with van der Waals surface area (Å²) in [7, 11) is 0. The van der Waals surface area contributed by atoms with E-state index in [1.165, 1.54) is 12.1 Å². The molecule has 1 aromatic carbocycles. The van der Waals surface area contributed by atoms with Gasteiger partial charge in [0.25, 0.3) is 0 Å². The zero-order valence-corrected chi connectivity index (χ0v) is 7.10. The van der Waals surface area contributed by atoms with Gasteiger partial charge in [-0.2, -0.15) is 0 Å². The van der Waals surface area contributed by atoms with Crippen molar-refractivity contribution in [3.8, 4) is 11.8 Å². The molecule has 0 fully saturated rings. The number of hydrogen-bond donors (Lipinski definition) is 1. The number of aliphatic carboxylic acids is 1. The van der Waals surface area contributed by atoms with Crippen LogP contribution in [0.1, 0.15) is 5.56 Å². The number of carboxylic acid groups (broad SMARTS) is 1. The van der Waals surface area contributed by atoms with E-state index in [9.17, 15) is 9.18 Å². The Bertz CT molecular complexity index is 404. The van der Waals surface area contributed by atoms with Crippen LogP contribution in [0.5, 0.6) is 0 Å². The first-order valence-electron chi connectivity index (χ1n) is 3.29. The zero-order valence-electron chi connectivity index (χ0n) is 6.34. The van der Waals surface area contributed by atoms with Crippen molar-refractivity contribution in [1.82, 2.24) is 0 Å². The predicted octanol–water partition coefficient (Wildman–Crippen LogP) is 1.92. The van der Waals surface area contributed by atoms with Crippen LogP contribution >= 0.6 is 11.6 Å². The second-order valence-electron chi connectivity index (χ2n) is 2.18. The highest BCUT2D eigenvalue weighted by Crippen LogP contribution is 2.13. The fourth-order valence-corrected chi connectivity index (χ4v) is 0.886. The van der Waals surface area contributed by atoms with Crippen LogP contribution in [-0.2, 0) is 4.79 Å². The molecule has 0 aliphatic heterocycles. The summed E-state index contributed by atoms with van der Waals surface area (Å²) in [5.74, 6) is 2.05. The quantitative estimate of drug-likeness (QED) is 0.647. The minimum Gasteiger partial charge on any atom is -0.472 e. The van der Waals surface area contributed by atoms with Crippen LogP contribution in [0.15, 0.2) is 18.2 Å². The van der Waals surface area contributed by atoms with E-state index in [0.29, 0.717) is 5.02 Å². The van der Waals surface area contributed by atoms with Crippen LogP contribution in [0.25, 0.3) is 0 Å². The molecule has 2 nitrogen and oxygen atoms in total. The first-order chi connectivity index (χ1) is 6.09. The number of benzene rings is 1. The maximum atomic E-state index is 12.9. The van der Waals surface area contributed by atoms with Gasteiger partial charge in [0.2, 0.25) is 0 Å². The number of carboxylic acids is 1. The van der Waals surface area contributed by atoms with Gasteiger partial charge < -0.3 is 5.11 Å².